The molecule has 0 bridgehead atoms. The van der Waals surface area contributed by atoms with Gasteiger partial charge in [0.05, 0.1) is 5.71 Å². The summed E-state index contributed by atoms with van der Waals surface area (Å²) in [6.07, 6.45) is 4.52. The van der Waals surface area contributed by atoms with E-state index in [1.165, 1.54) is 12.8 Å². The van der Waals surface area contributed by atoms with Crippen LogP contribution in [0.2, 0.25) is 0 Å². The van der Waals surface area contributed by atoms with Crippen LogP contribution in [0.5, 0.6) is 0 Å². The number of aliphatic carboxylic acids is 1. The number of carbonyl (C=O) groups is 1. The molecule has 1 aliphatic carbocycles. The highest BCUT2D eigenvalue weighted by Crippen LogP contribution is 2.32. The lowest BCUT2D eigenvalue weighted by Crippen LogP contribution is -2.25. The van der Waals surface area contributed by atoms with Gasteiger partial charge in [-0.25, -0.2) is 4.79 Å². The molecule has 3 atom stereocenters. The predicted octanol–water partition coefficient (Wildman–Crippen LogP) is 2.04. The first-order valence-electron chi connectivity index (χ1n) is 5.62. The largest absolute Gasteiger partial charge is 0.478 e. The molecule has 2 aliphatic rings. The second kappa shape index (κ2) is 4.21. The maximum absolute atomic E-state index is 10.7. The fourth-order valence-corrected chi connectivity index (χ4v) is 2.51. The summed E-state index contributed by atoms with van der Waals surface area (Å²) >= 11 is 0. The fraction of sp³-hybridized carbons (Fsp3) is 0.818. The van der Waals surface area contributed by atoms with E-state index >= 15 is 0 Å². The number of rotatable bonds is 2. The first-order valence-corrected chi connectivity index (χ1v) is 5.62. The van der Waals surface area contributed by atoms with Crippen LogP contribution in [-0.4, -0.2) is 22.9 Å². The van der Waals surface area contributed by atoms with Gasteiger partial charge in [0, 0.05) is 12.3 Å². The molecule has 2 rings (SSSR count). The minimum atomic E-state index is -0.905. The molecule has 3 unspecified atom stereocenters. The summed E-state index contributed by atoms with van der Waals surface area (Å²) < 4.78 is 0. The zero-order valence-corrected chi connectivity index (χ0v) is 8.98. The van der Waals surface area contributed by atoms with Crippen LogP contribution in [0.3, 0.4) is 0 Å². The predicted molar refractivity (Wildman–Crippen MR) is 55.7 cm³/mol. The van der Waals surface area contributed by atoms with Gasteiger partial charge in [0.1, 0.15) is 0 Å². The van der Waals surface area contributed by atoms with Crippen molar-refractivity contribution < 1.29 is 14.7 Å². The number of hydrogen-bond donors (Lipinski definition) is 1. The number of carboxylic acid groups (broad SMARTS) is 1. The van der Waals surface area contributed by atoms with E-state index in [0.717, 1.165) is 24.5 Å². The molecule has 0 aromatic heterocycles. The van der Waals surface area contributed by atoms with Crippen LogP contribution in [0, 0.1) is 11.8 Å². The summed E-state index contributed by atoms with van der Waals surface area (Å²) in [5.41, 5.74) is 0.967. The second-order valence-corrected chi connectivity index (χ2v) is 4.69. The molecule has 15 heavy (non-hydrogen) atoms. The maximum atomic E-state index is 10.7. The molecule has 1 fully saturated rings. The highest BCUT2D eigenvalue weighted by atomic mass is 16.7. The average molecular weight is 211 g/mol. The van der Waals surface area contributed by atoms with E-state index in [2.05, 4.69) is 12.1 Å². The summed E-state index contributed by atoms with van der Waals surface area (Å²) in [6, 6.07) is 0. The maximum Gasteiger partial charge on any atom is 0.348 e. The van der Waals surface area contributed by atoms with Gasteiger partial charge in [-0.15, -0.1) is 0 Å². The van der Waals surface area contributed by atoms with Crippen LogP contribution >= 0.6 is 0 Å². The first-order chi connectivity index (χ1) is 7.16. The van der Waals surface area contributed by atoms with Gasteiger partial charge >= 0.3 is 5.97 Å². The Hall–Kier alpha value is -1.06. The van der Waals surface area contributed by atoms with Crippen molar-refractivity contribution in [3.8, 4) is 0 Å². The molecular weight excluding hydrogens is 194 g/mol. The molecule has 84 valence electrons. The van der Waals surface area contributed by atoms with Crippen molar-refractivity contribution in [2.75, 3.05) is 0 Å². The lowest BCUT2D eigenvalue weighted by Gasteiger charge is -2.25. The van der Waals surface area contributed by atoms with Crippen LogP contribution in [0.15, 0.2) is 5.16 Å². The van der Waals surface area contributed by atoms with Gasteiger partial charge in [0.15, 0.2) is 0 Å². The van der Waals surface area contributed by atoms with Crippen molar-refractivity contribution >= 4 is 11.7 Å². The van der Waals surface area contributed by atoms with Crippen molar-refractivity contribution in [3.63, 3.8) is 0 Å². The van der Waals surface area contributed by atoms with E-state index < -0.39 is 12.1 Å². The van der Waals surface area contributed by atoms with Gasteiger partial charge in [-0.3, -0.25) is 0 Å². The zero-order valence-electron chi connectivity index (χ0n) is 8.98. The minimum absolute atomic E-state index is 0.457. The molecule has 0 aromatic carbocycles. The quantitative estimate of drug-likeness (QED) is 0.760. The minimum Gasteiger partial charge on any atom is -0.478 e. The molecule has 0 amide bonds. The Labute approximate surface area is 89.3 Å². The van der Waals surface area contributed by atoms with Crippen LogP contribution < -0.4 is 0 Å². The normalized spacial score (nSPS) is 35.8. The van der Waals surface area contributed by atoms with Crippen molar-refractivity contribution in [1.29, 1.82) is 0 Å². The van der Waals surface area contributed by atoms with E-state index in [1.807, 2.05) is 0 Å². The summed E-state index contributed by atoms with van der Waals surface area (Å²) in [4.78, 5) is 15.6. The first kappa shape index (κ1) is 10.5. The Morgan fingerprint density at radius 3 is 2.93 bits per heavy atom. The van der Waals surface area contributed by atoms with E-state index in [9.17, 15) is 4.79 Å². The van der Waals surface area contributed by atoms with Gasteiger partial charge in [-0.05, 0) is 18.8 Å². The smallest absolute Gasteiger partial charge is 0.348 e. The van der Waals surface area contributed by atoms with Crippen LogP contribution in [0.1, 0.15) is 39.0 Å². The molecule has 0 spiro atoms. The van der Waals surface area contributed by atoms with Gasteiger partial charge < -0.3 is 9.94 Å². The highest BCUT2D eigenvalue weighted by Gasteiger charge is 2.33. The SMILES string of the molecule is CC1CCCC(C2=NOC(C(=O)O)C2)C1. The fourth-order valence-electron chi connectivity index (χ4n) is 2.51. The zero-order chi connectivity index (χ0) is 10.8. The van der Waals surface area contributed by atoms with Crippen molar-refractivity contribution in [2.45, 2.75) is 45.1 Å². The number of oxime groups is 1. The van der Waals surface area contributed by atoms with Crippen LogP contribution in [-0.2, 0) is 9.63 Å². The Bertz CT molecular complexity index is 288. The topological polar surface area (TPSA) is 58.9 Å². The number of carboxylic acids is 1. The summed E-state index contributed by atoms with van der Waals surface area (Å²) in [5.74, 6) is 0.283. The lowest BCUT2D eigenvalue weighted by atomic mass is 9.79. The third kappa shape index (κ3) is 2.30. The molecule has 4 nitrogen and oxygen atoms in total. The number of hydrogen-bond acceptors (Lipinski definition) is 3. The van der Waals surface area contributed by atoms with E-state index in [0.29, 0.717) is 12.3 Å². The van der Waals surface area contributed by atoms with Gasteiger partial charge in [0.2, 0.25) is 6.10 Å². The van der Waals surface area contributed by atoms with E-state index in [-0.39, 0.29) is 0 Å². The van der Waals surface area contributed by atoms with Crippen LogP contribution in [0.25, 0.3) is 0 Å². The molecular formula is C11H17NO3. The highest BCUT2D eigenvalue weighted by molar-refractivity contribution is 5.92. The third-order valence-corrected chi connectivity index (χ3v) is 3.37. The molecule has 0 radical (unpaired) electrons. The summed E-state index contributed by atoms with van der Waals surface area (Å²) in [7, 11) is 0. The number of nitrogens with zero attached hydrogens (tertiary/aromatic N) is 1. The molecule has 0 saturated heterocycles. The summed E-state index contributed by atoms with van der Waals surface area (Å²) in [5, 5.41) is 12.7. The van der Waals surface area contributed by atoms with Crippen molar-refractivity contribution in [3.05, 3.63) is 0 Å². The molecule has 1 aliphatic heterocycles. The van der Waals surface area contributed by atoms with Crippen LogP contribution in [0.4, 0.5) is 0 Å². The van der Waals surface area contributed by atoms with Gasteiger partial charge in [0.25, 0.3) is 0 Å². The van der Waals surface area contributed by atoms with Gasteiger partial charge in [-0.2, -0.15) is 0 Å². The summed E-state index contributed by atoms with van der Waals surface area (Å²) in [6.45, 7) is 2.25. The molecule has 4 heteroatoms. The van der Waals surface area contributed by atoms with Gasteiger partial charge in [-0.1, -0.05) is 24.9 Å². The lowest BCUT2D eigenvalue weighted by molar-refractivity contribution is -0.148. The Balaban J connectivity index is 1.92. The molecule has 0 aromatic rings. The Kier molecular flexibility index (Phi) is 2.93. The second-order valence-electron chi connectivity index (χ2n) is 4.69. The third-order valence-electron chi connectivity index (χ3n) is 3.37. The average Bonchev–Trinajstić information content (AvgIpc) is 2.66. The molecule has 1 saturated carbocycles. The monoisotopic (exact) mass is 211 g/mol. The molecule has 1 heterocycles. The Morgan fingerprint density at radius 2 is 2.33 bits per heavy atom. The Morgan fingerprint density at radius 1 is 1.53 bits per heavy atom. The van der Waals surface area contributed by atoms with E-state index in [1.54, 1.807) is 0 Å². The standard InChI is InChI=1S/C11H17NO3/c1-7-3-2-4-8(5-7)9-6-10(11(13)14)15-12-9/h7-8,10H,2-6H2,1H3,(H,13,14). The molecule has 1 N–H and O–H groups in total. The van der Waals surface area contributed by atoms with Crippen molar-refractivity contribution in [2.24, 2.45) is 17.0 Å². The van der Waals surface area contributed by atoms with E-state index in [4.69, 9.17) is 9.94 Å². The van der Waals surface area contributed by atoms with Crippen molar-refractivity contribution in [1.82, 2.24) is 0 Å².